The number of rotatable bonds is 4. The molecule has 0 radical (unpaired) electrons. The van der Waals surface area contributed by atoms with Crippen molar-refractivity contribution in [3.05, 3.63) is 12.7 Å². The van der Waals surface area contributed by atoms with Gasteiger partial charge in [0.25, 0.3) is 0 Å². The molecule has 0 aromatic carbocycles. The Labute approximate surface area is 111 Å². The van der Waals surface area contributed by atoms with Crippen molar-refractivity contribution in [2.24, 2.45) is 11.0 Å². The summed E-state index contributed by atoms with van der Waals surface area (Å²) in [5.74, 6) is -2.09. The van der Waals surface area contributed by atoms with Crippen LogP contribution < -0.4 is 0 Å². The molecule has 6 heteroatoms. The average molecular weight is 270 g/mol. The van der Waals surface area contributed by atoms with Crippen LogP contribution in [0.15, 0.2) is 17.8 Å². The third-order valence-electron chi connectivity index (χ3n) is 3.19. The highest BCUT2D eigenvalue weighted by Gasteiger charge is 2.43. The van der Waals surface area contributed by atoms with Gasteiger partial charge in [-0.3, -0.25) is 9.80 Å². The molecule has 1 rings (SSSR count). The summed E-state index contributed by atoms with van der Waals surface area (Å²) in [5.41, 5.74) is -1.80. The lowest BCUT2D eigenvalue weighted by atomic mass is 9.91. The fourth-order valence-electron chi connectivity index (χ4n) is 1.89. The first-order valence-electron chi connectivity index (χ1n) is 6.12. The van der Waals surface area contributed by atoms with Crippen molar-refractivity contribution < 1.29 is 19.1 Å². The number of halogens is 1. The summed E-state index contributed by atoms with van der Waals surface area (Å²) in [7, 11) is 0. The van der Waals surface area contributed by atoms with Crippen molar-refractivity contribution in [1.82, 2.24) is 5.01 Å². The summed E-state index contributed by atoms with van der Waals surface area (Å²) in [6.45, 7) is 9.30. The molecule has 106 valence electrons. The third-order valence-corrected chi connectivity index (χ3v) is 3.19. The minimum Gasteiger partial charge on any atom is -0.476 e. The summed E-state index contributed by atoms with van der Waals surface area (Å²) in [6.07, 6.45) is -0.666. The molecule has 0 aromatic rings. The standard InChI is InChI=1S/C13H19FN2O3/c1-5-13(4)10(14)6-9(17)11(12(18)19)15-16(13)7-8(2)3/h5,8,10H,1,6-7H2,2-4H3,(H,18,19)/t10?,13-/m1/s1. The van der Waals surface area contributed by atoms with Crippen LogP contribution >= 0.6 is 0 Å². The summed E-state index contributed by atoms with van der Waals surface area (Å²) < 4.78 is 14.3. The molecule has 0 saturated heterocycles. The maximum atomic E-state index is 14.3. The number of carboxylic acids is 1. The Morgan fingerprint density at radius 3 is 2.74 bits per heavy atom. The molecular weight excluding hydrogens is 251 g/mol. The van der Waals surface area contributed by atoms with Crippen LogP contribution in [0.3, 0.4) is 0 Å². The number of carbonyl (C=O) groups excluding carboxylic acids is 1. The van der Waals surface area contributed by atoms with Gasteiger partial charge in [0, 0.05) is 13.0 Å². The molecule has 0 aliphatic carbocycles. The van der Waals surface area contributed by atoms with E-state index in [1.807, 2.05) is 13.8 Å². The Morgan fingerprint density at radius 1 is 1.74 bits per heavy atom. The van der Waals surface area contributed by atoms with E-state index >= 15 is 0 Å². The van der Waals surface area contributed by atoms with Crippen LogP contribution in [0.25, 0.3) is 0 Å². The van der Waals surface area contributed by atoms with E-state index in [0.29, 0.717) is 6.54 Å². The second-order valence-corrected chi connectivity index (χ2v) is 5.25. The zero-order valence-electron chi connectivity index (χ0n) is 11.4. The predicted octanol–water partition coefficient (Wildman–Crippen LogP) is 1.64. The highest BCUT2D eigenvalue weighted by Crippen LogP contribution is 2.30. The van der Waals surface area contributed by atoms with Crippen molar-refractivity contribution in [2.75, 3.05) is 6.54 Å². The van der Waals surface area contributed by atoms with Gasteiger partial charge >= 0.3 is 5.97 Å². The predicted molar refractivity (Wildman–Crippen MR) is 69.7 cm³/mol. The molecule has 2 atom stereocenters. The number of hydrogen-bond acceptors (Lipinski definition) is 4. The van der Waals surface area contributed by atoms with E-state index in [1.54, 1.807) is 6.92 Å². The van der Waals surface area contributed by atoms with Crippen molar-refractivity contribution in [3.8, 4) is 0 Å². The minimum absolute atomic E-state index is 0.137. The fraction of sp³-hybridized carbons (Fsp3) is 0.615. The Hall–Kier alpha value is -1.72. The van der Waals surface area contributed by atoms with E-state index < -0.39 is 35.6 Å². The van der Waals surface area contributed by atoms with Crippen LogP contribution in [0, 0.1) is 5.92 Å². The zero-order valence-corrected chi connectivity index (χ0v) is 11.4. The first-order chi connectivity index (χ1) is 8.72. The number of Topliss-reactive ketones (excluding diaryl/α,β-unsaturated/α-hetero) is 1. The number of hydrazone groups is 1. The normalized spacial score (nSPS) is 28.1. The second-order valence-electron chi connectivity index (χ2n) is 5.25. The molecule has 1 unspecified atom stereocenters. The van der Waals surface area contributed by atoms with Gasteiger partial charge in [0.15, 0.2) is 5.78 Å². The summed E-state index contributed by atoms with van der Waals surface area (Å²) in [6, 6.07) is 0. The number of nitrogens with zero attached hydrogens (tertiary/aromatic N) is 2. The summed E-state index contributed by atoms with van der Waals surface area (Å²) in [5, 5.41) is 14.2. The molecule has 0 bridgehead atoms. The van der Waals surface area contributed by atoms with Crippen molar-refractivity contribution >= 4 is 17.5 Å². The van der Waals surface area contributed by atoms with Crippen LogP contribution in [0.5, 0.6) is 0 Å². The molecule has 0 aromatic heterocycles. The quantitative estimate of drug-likeness (QED) is 0.788. The molecule has 1 aliphatic rings. The van der Waals surface area contributed by atoms with E-state index in [-0.39, 0.29) is 5.92 Å². The van der Waals surface area contributed by atoms with Gasteiger partial charge in [-0.1, -0.05) is 19.9 Å². The van der Waals surface area contributed by atoms with Crippen molar-refractivity contribution in [2.45, 2.75) is 38.9 Å². The van der Waals surface area contributed by atoms with Gasteiger partial charge in [-0.2, -0.15) is 5.10 Å². The van der Waals surface area contributed by atoms with E-state index in [1.165, 1.54) is 11.1 Å². The maximum Gasteiger partial charge on any atom is 0.360 e. The lowest BCUT2D eigenvalue weighted by Crippen LogP contribution is -2.49. The number of ketones is 1. The number of carbonyl (C=O) groups is 2. The second kappa shape index (κ2) is 5.50. The van der Waals surface area contributed by atoms with Crippen molar-refractivity contribution in [1.29, 1.82) is 0 Å². The molecule has 5 nitrogen and oxygen atoms in total. The van der Waals surface area contributed by atoms with Gasteiger partial charge in [0.2, 0.25) is 5.71 Å². The average Bonchev–Trinajstić information content (AvgIpc) is 2.39. The van der Waals surface area contributed by atoms with Gasteiger partial charge in [-0.15, -0.1) is 6.58 Å². The number of carboxylic acid groups (broad SMARTS) is 1. The Balaban J connectivity index is 3.30. The molecule has 1 aliphatic heterocycles. The van der Waals surface area contributed by atoms with Crippen molar-refractivity contribution in [3.63, 3.8) is 0 Å². The summed E-state index contributed by atoms with van der Waals surface area (Å²) in [4.78, 5) is 22.7. The first kappa shape index (κ1) is 15.3. The number of aliphatic carboxylic acids is 1. The first-order valence-corrected chi connectivity index (χ1v) is 6.12. The molecule has 0 amide bonds. The monoisotopic (exact) mass is 270 g/mol. The lowest BCUT2D eigenvalue weighted by Gasteiger charge is -2.38. The van der Waals surface area contributed by atoms with Gasteiger partial charge < -0.3 is 5.11 Å². The number of alkyl halides is 1. The smallest absolute Gasteiger partial charge is 0.360 e. The van der Waals surface area contributed by atoms with Gasteiger partial charge in [0.05, 0.1) is 0 Å². The zero-order chi connectivity index (χ0) is 14.8. The highest BCUT2D eigenvalue weighted by atomic mass is 19.1. The fourth-order valence-corrected chi connectivity index (χ4v) is 1.89. The van der Waals surface area contributed by atoms with Gasteiger partial charge in [-0.25, -0.2) is 9.18 Å². The SMILES string of the molecule is C=C[C@]1(C)C(F)CC(=O)C(C(=O)O)=NN1CC(C)C. The Morgan fingerprint density at radius 2 is 2.32 bits per heavy atom. The van der Waals surface area contributed by atoms with Crippen LogP contribution in [-0.4, -0.2) is 45.8 Å². The topological polar surface area (TPSA) is 70.0 Å². The Bertz CT molecular complexity index is 434. The third kappa shape index (κ3) is 3.00. The van der Waals surface area contributed by atoms with Crippen LogP contribution in [0.2, 0.25) is 0 Å². The van der Waals surface area contributed by atoms with E-state index in [4.69, 9.17) is 5.11 Å². The van der Waals surface area contributed by atoms with Crippen LogP contribution in [0.1, 0.15) is 27.2 Å². The molecule has 19 heavy (non-hydrogen) atoms. The maximum absolute atomic E-state index is 14.3. The molecule has 1 N–H and O–H groups in total. The van der Waals surface area contributed by atoms with Gasteiger partial charge in [-0.05, 0) is 12.8 Å². The summed E-state index contributed by atoms with van der Waals surface area (Å²) >= 11 is 0. The number of hydrogen-bond donors (Lipinski definition) is 1. The van der Waals surface area contributed by atoms with E-state index in [0.717, 1.165) is 0 Å². The largest absolute Gasteiger partial charge is 0.476 e. The molecule has 0 fully saturated rings. The highest BCUT2D eigenvalue weighted by molar-refractivity contribution is 6.64. The minimum atomic E-state index is -1.54. The van der Waals surface area contributed by atoms with E-state index in [2.05, 4.69) is 11.7 Å². The van der Waals surface area contributed by atoms with E-state index in [9.17, 15) is 14.0 Å². The molecule has 0 saturated carbocycles. The molecular formula is C13H19FN2O3. The Kier molecular flexibility index (Phi) is 4.44. The molecule has 1 heterocycles. The molecule has 0 spiro atoms. The van der Waals surface area contributed by atoms with Crippen LogP contribution in [0.4, 0.5) is 4.39 Å². The van der Waals surface area contributed by atoms with Crippen LogP contribution in [-0.2, 0) is 9.59 Å². The lowest BCUT2D eigenvalue weighted by molar-refractivity contribution is -0.130. The van der Waals surface area contributed by atoms with Gasteiger partial charge in [0.1, 0.15) is 11.7 Å².